The number of anilines is 1. The summed E-state index contributed by atoms with van der Waals surface area (Å²) < 4.78 is 32.3. The first-order chi connectivity index (χ1) is 14.0. The average molecular weight is 401 g/mol. The van der Waals surface area contributed by atoms with E-state index in [9.17, 15) is 13.6 Å². The van der Waals surface area contributed by atoms with Crippen LogP contribution in [0.25, 0.3) is 0 Å². The molecule has 0 bridgehead atoms. The average Bonchev–Trinajstić information content (AvgIpc) is 3.38. The quantitative estimate of drug-likeness (QED) is 0.849. The molecule has 2 fully saturated rings. The van der Waals surface area contributed by atoms with Crippen LogP contribution in [0.5, 0.6) is 5.75 Å². The zero-order valence-corrected chi connectivity index (χ0v) is 16.4. The zero-order valence-electron chi connectivity index (χ0n) is 16.4. The summed E-state index contributed by atoms with van der Waals surface area (Å²) in [6.45, 7) is 2.54. The minimum Gasteiger partial charge on any atom is -0.497 e. The molecule has 2 unspecified atom stereocenters. The van der Waals surface area contributed by atoms with Gasteiger partial charge in [-0.25, -0.2) is 13.6 Å². The van der Waals surface area contributed by atoms with Crippen LogP contribution in [-0.4, -0.2) is 50.3 Å². The lowest BCUT2D eigenvalue weighted by Crippen LogP contribution is -2.45. The Bertz CT molecular complexity index is 875. The van der Waals surface area contributed by atoms with E-state index in [0.29, 0.717) is 37.8 Å². The monoisotopic (exact) mass is 401 g/mol. The van der Waals surface area contributed by atoms with Crippen molar-refractivity contribution in [2.75, 3.05) is 38.2 Å². The molecule has 0 spiro atoms. The van der Waals surface area contributed by atoms with Gasteiger partial charge in [0.2, 0.25) is 0 Å². The summed E-state index contributed by atoms with van der Waals surface area (Å²) in [4.78, 5) is 16.4. The zero-order chi connectivity index (χ0) is 20.4. The van der Waals surface area contributed by atoms with Gasteiger partial charge >= 0.3 is 6.03 Å². The number of hydrogen-bond donors (Lipinski definition) is 1. The Morgan fingerprint density at radius 1 is 1.07 bits per heavy atom. The van der Waals surface area contributed by atoms with Gasteiger partial charge in [0.25, 0.3) is 0 Å². The first-order valence-electron chi connectivity index (χ1n) is 9.93. The summed E-state index contributed by atoms with van der Waals surface area (Å²) in [5.74, 6) is -0.0145. The molecule has 2 atom stereocenters. The molecule has 2 heterocycles. The van der Waals surface area contributed by atoms with Crippen LogP contribution in [0.3, 0.4) is 0 Å². The van der Waals surface area contributed by atoms with Crippen molar-refractivity contribution in [3.05, 3.63) is 59.7 Å². The van der Waals surface area contributed by atoms with Crippen molar-refractivity contribution in [1.29, 1.82) is 0 Å². The Balaban J connectivity index is 1.31. The maximum atomic E-state index is 14.0. The molecule has 2 saturated heterocycles. The molecule has 4 rings (SSSR count). The van der Waals surface area contributed by atoms with Crippen LogP contribution in [0.1, 0.15) is 24.3 Å². The normalized spacial score (nSPS) is 21.5. The van der Waals surface area contributed by atoms with Crippen molar-refractivity contribution in [2.24, 2.45) is 0 Å². The third kappa shape index (κ3) is 4.28. The molecule has 2 aromatic rings. The number of nitrogens with zero attached hydrogens (tertiary/aromatic N) is 2. The molecule has 2 aliphatic rings. The summed E-state index contributed by atoms with van der Waals surface area (Å²) in [5, 5.41) is 3.07. The SMILES string of the molecule is COc1ccc(C2CCN(C(=O)NC3CCN(c4ccc(F)cc4F)C3)C2)cc1. The van der Waals surface area contributed by atoms with Crippen molar-refractivity contribution >= 4 is 11.7 Å². The topological polar surface area (TPSA) is 44.8 Å². The molecule has 2 aromatic carbocycles. The summed E-state index contributed by atoms with van der Waals surface area (Å²) in [7, 11) is 1.64. The lowest BCUT2D eigenvalue weighted by atomic mass is 9.98. The van der Waals surface area contributed by atoms with E-state index in [-0.39, 0.29) is 12.1 Å². The highest BCUT2D eigenvalue weighted by Gasteiger charge is 2.31. The number of benzene rings is 2. The fraction of sp³-hybridized carbons (Fsp3) is 0.409. The van der Waals surface area contributed by atoms with Crippen LogP contribution in [0.2, 0.25) is 0 Å². The lowest BCUT2D eigenvalue weighted by Gasteiger charge is -2.22. The highest BCUT2D eigenvalue weighted by atomic mass is 19.1. The number of amides is 2. The first kappa shape index (κ1) is 19.5. The minimum absolute atomic E-state index is 0.0491. The molecule has 2 amide bonds. The largest absolute Gasteiger partial charge is 0.497 e. The molecule has 5 nitrogen and oxygen atoms in total. The maximum absolute atomic E-state index is 14.0. The van der Waals surface area contributed by atoms with Crippen molar-refractivity contribution in [3.63, 3.8) is 0 Å². The molecular weight excluding hydrogens is 376 g/mol. The van der Waals surface area contributed by atoms with E-state index < -0.39 is 11.6 Å². The second-order valence-electron chi connectivity index (χ2n) is 7.68. The van der Waals surface area contributed by atoms with Crippen molar-refractivity contribution in [1.82, 2.24) is 10.2 Å². The van der Waals surface area contributed by atoms with E-state index in [0.717, 1.165) is 24.7 Å². The molecule has 29 heavy (non-hydrogen) atoms. The van der Waals surface area contributed by atoms with Gasteiger partial charge in [-0.15, -0.1) is 0 Å². The molecular formula is C22H25F2N3O2. The van der Waals surface area contributed by atoms with Gasteiger partial charge < -0.3 is 19.9 Å². The molecule has 0 saturated carbocycles. The number of carbonyl (C=O) groups is 1. The van der Waals surface area contributed by atoms with E-state index in [1.54, 1.807) is 7.11 Å². The third-order valence-electron chi connectivity index (χ3n) is 5.83. The number of likely N-dealkylation sites (tertiary alicyclic amines) is 1. The molecule has 0 radical (unpaired) electrons. The van der Waals surface area contributed by atoms with Crippen molar-refractivity contribution in [3.8, 4) is 5.75 Å². The fourth-order valence-corrected chi connectivity index (χ4v) is 4.19. The van der Waals surface area contributed by atoms with Crippen LogP contribution >= 0.6 is 0 Å². The number of halogens is 2. The summed E-state index contributed by atoms with van der Waals surface area (Å²) in [5.41, 5.74) is 1.59. The van der Waals surface area contributed by atoms with Crippen LogP contribution in [-0.2, 0) is 0 Å². The number of urea groups is 1. The second kappa shape index (κ2) is 8.27. The maximum Gasteiger partial charge on any atom is 0.317 e. The van der Waals surface area contributed by atoms with E-state index >= 15 is 0 Å². The number of hydrogen-bond acceptors (Lipinski definition) is 3. The van der Waals surface area contributed by atoms with Gasteiger partial charge in [0.05, 0.1) is 12.8 Å². The van der Waals surface area contributed by atoms with E-state index in [4.69, 9.17) is 4.74 Å². The second-order valence-corrected chi connectivity index (χ2v) is 7.68. The Labute approximate surface area is 169 Å². The Morgan fingerprint density at radius 2 is 1.86 bits per heavy atom. The molecule has 7 heteroatoms. The van der Waals surface area contributed by atoms with E-state index in [1.165, 1.54) is 17.7 Å². The van der Waals surface area contributed by atoms with Gasteiger partial charge in [-0.05, 0) is 42.7 Å². The summed E-state index contributed by atoms with van der Waals surface area (Å²) in [6.07, 6.45) is 1.66. The molecule has 0 aliphatic carbocycles. The predicted molar refractivity (Wildman–Crippen MR) is 107 cm³/mol. The highest BCUT2D eigenvalue weighted by Crippen LogP contribution is 2.29. The van der Waals surface area contributed by atoms with Gasteiger partial charge in [0.15, 0.2) is 0 Å². The molecule has 2 aliphatic heterocycles. The Morgan fingerprint density at radius 3 is 2.59 bits per heavy atom. The highest BCUT2D eigenvalue weighted by molar-refractivity contribution is 5.75. The van der Waals surface area contributed by atoms with Crippen LogP contribution in [0.15, 0.2) is 42.5 Å². The number of carbonyl (C=O) groups excluding carboxylic acids is 1. The van der Waals surface area contributed by atoms with Crippen molar-refractivity contribution < 1.29 is 18.3 Å². The van der Waals surface area contributed by atoms with Crippen LogP contribution in [0.4, 0.5) is 19.3 Å². The van der Waals surface area contributed by atoms with Gasteiger partial charge in [-0.3, -0.25) is 0 Å². The molecule has 154 valence electrons. The summed E-state index contributed by atoms with van der Waals surface area (Å²) in [6, 6.07) is 11.5. The van der Waals surface area contributed by atoms with Crippen LogP contribution < -0.4 is 15.0 Å². The summed E-state index contributed by atoms with van der Waals surface area (Å²) >= 11 is 0. The standard InChI is InChI=1S/C22H25F2N3O2/c1-29-19-5-2-15(3-6-19)16-8-10-27(13-16)22(28)25-18-9-11-26(14-18)21-7-4-17(23)12-20(21)24/h2-7,12,16,18H,8-11,13-14H2,1H3,(H,25,28). The van der Waals surface area contributed by atoms with E-state index in [1.807, 2.05) is 21.9 Å². The number of ether oxygens (including phenoxy) is 1. The first-order valence-corrected chi connectivity index (χ1v) is 9.93. The smallest absolute Gasteiger partial charge is 0.317 e. The predicted octanol–water partition coefficient (Wildman–Crippen LogP) is 3.75. The van der Waals surface area contributed by atoms with E-state index in [2.05, 4.69) is 17.4 Å². The minimum atomic E-state index is -0.587. The lowest BCUT2D eigenvalue weighted by molar-refractivity contribution is 0.205. The fourth-order valence-electron chi connectivity index (χ4n) is 4.19. The molecule has 0 aromatic heterocycles. The van der Waals surface area contributed by atoms with Gasteiger partial charge in [-0.1, -0.05) is 12.1 Å². The third-order valence-corrected chi connectivity index (χ3v) is 5.83. The van der Waals surface area contributed by atoms with Crippen LogP contribution in [0, 0.1) is 11.6 Å². The Hall–Kier alpha value is -2.83. The Kier molecular flexibility index (Phi) is 5.56. The number of nitrogens with one attached hydrogen (secondary N) is 1. The van der Waals surface area contributed by atoms with Crippen molar-refractivity contribution in [2.45, 2.75) is 24.8 Å². The van der Waals surface area contributed by atoms with Gasteiger partial charge in [-0.2, -0.15) is 0 Å². The van der Waals surface area contributed by atoms with Gasteiger partial charge in [0.1, 0.15) is 17.4 Å². The number of rotatable bonds is 4. The van der Waals surface area contributed by atoms with Gasteiger partial charge in [0, 0.05) is 44.2 Å². The number of methoxy groups -OCH3 is 1. The molecule has 1 N–H and O–H groups in total.